The number of aliphatic hydroxyl groups excluding tert-OH is 5. The van der Waals surface area contributed by atoms with Gasteiger partial charge in [0.1, 0.15) is 42.7 Å². The first-order valence-corrected chi connectivity index (χ1v) is 28.6. The Balaban J connectivity index is 2.33. The number of hydrogen-bond donors (Lipinski definition) is 6. The van der Waals surface area contributed by atoms with Crippen LogP contribution in [-0.2, 0) is 27.9 Å². The predicted molar refractivity (Wildman–Crippen MR) is 276 cm³/mol. The van der Waals surface area contributed by atoms with Crippen molar-refractivity contribution in [3.8, 4) is 0 Å². The summed E-state index contributed by atoms with van der Waals surface area (Å²) in [7, 11) is -5.03. The van der Waals surface area contributed by atoms with Gasteiger partial charge in [0.05, 0.1) is 13.2 Å². The Morgan fingerprint density at radius 3 is 1.28 bits per heavy atom. The molecule has 0 aliphatic heterocycles. The summed E-state index contributed by atoms with van der Waals surface area (Å²) >= 11 is 0. The molecule has 6 atom stereocenters. The van der Waals surface area contributed by atoms with Crippen molar-refractivity contribution < 1.29 is 58.3 Å². The molecule has 0 spiro atoms. The van der Waals surface area contributed by atoms with Crippen LogP contribution in [0.1, 0.15) is 219 Å². The van der Waals surface area contributed by atoms with Crippen LogP contribution in [0.15, 0.2) is 60.8 Å². The highest BCUT2D eigenvalue weighted by Crippen LogP contribution is 2.47. The molecule has 1 fully saturated rings. The maximum Gasteiger partial charge on any atom is 0.472 e. The molecule has 68 heavy (non-hydrogen) atoms. The van der Waals surface area contributed by atoms with Gasteiger partial charge in [0.25, 0.3) is 0 Å². The summed E-state index contributed by atoms with van der Waals surface area (Å²) in [4.78, 5) is 23.3. The third kappa shape index (κ3) is 36.0. The van der Waals surface area contributed by atoms with Crippen molar-refractivity contribution in [2.24, 2.45) is 0 Å². The monoisotopic (exact) mass is 983 g/mol. The van der Waals surface area contributed by atoms with E-state index >= 15 is 0 Å². The van der Waals surface area contributed by atoms with Crippen LogP contribution in [0.25, 0.3) is 0 Å². The third-order valence-electron chi connectivity index (χ3n) is 12.4. The second-order valence-electron chi connectivity index (χ2n) is 18.7. The van der Waals surface area contributed by atoms with E-state index in [0.717, 1.165) is 83.5 Å². The zero-order valence-corrected chi connectivity index (χ0v) is 43.5. The van der Waals surface area contributed by atoms with Crippen molar-refractivity contribution in [2.75, 3.05) is 19.8 Å². The molecule has 0 aromatic rings. The molecule has 6 N–H and O–H groups in total. The molecule has 1 aliphatic carbocycles. The Bertz CT molecular complexity index is 1350. The summed E-state index contributed by atoms with van der Waals surface area (Å²) in [6, 6.07) is 0. The largest absolute Gasteiger partial charge is 0.472 e. The summed E-state index contributed by atoms with van der Waals surface area (Å²) in [5.41, 5.74) is 0. The lowest BCUT2D eigenvalue weighted by molar-refractivity contribution is -0.220. The van der Waals surface area contributed by atoms with Crippen molar-refractivity contribution >= 4 is 13.8 Å². The van der Waals surface area contributed by atoms with Crippen molar-refractivity contribution in [1.82, 2.24) is 0 Å². The van der Waals surface area contributed by atoms with Crippen LogP contribution in [0.3, 0.4) is 0 Å². The number of aliphatic hydroxyl groups is 5. The average molecular weight is 983 g/mol. The van der Waals surface area contributed by atoms with E-state index in [9.17, 15) is 39.8 Å². The molecule has 0 aromatic carbocycles. The minimum absolute atomic E-state index is 0.0855. The summed E-state index contributed by atoms with van der Waals surface area (Å²) in [5, 5.41) is 50.4. The van der Waals surface area contributed by atoms with Gasteiger partial charge in [0.15, 0.2) is 0 Å². The summed E-state index contributed by atoms with van der Waals surface area (Å²) < 4.78 is 34.3. The van der Waals surface area contributed by atoms with Gasteiger partial charge in [-0.05, 0) is 83.5 Å². The topological polar surface area (TPSA) is 192 Å². The van der Waals surface area contributed by atoms with Crippen molar-refractivity contribution in [3.63, 3.8) is 0 Å². The lowest BCUT2D eigenvalue weighted by atomic mass is 9.85. The third-order valence-corrected chi connectivity index (χ3v) is 13.3. The molecule has 0 saturated heterocycles. The number of esters is 1. The van der Waals surface area contributed by atoms with Crippen LogP contribution in [0, 0.1) is 0 Å². The van der Waals surface area contributed by atoms with Crippen LogP contribution in [-0.4, -0.2) is 98.9 Å². The van der Waals surface area contributed by atoms with Gasteiger partial charge in [-0.2, -0.15) is 0 Å². The van der Waals surface area contributed by atoms with E-state index in [2.05, 4.69) is 74.6 Å². The molecule has 1 aliphatic rings. The van der Waals surface area contributed by atoms with E-state index in [-0.39, 0.29) is 13.0 Å². The highest BCUT2D eigenvalue weighted by atomic mass is 31.2. The van der Waals surface area contributed by atoms with Gasteiger partial charge >= 0.3 is 13.8 Å². The number of ether oxygens (including phenoxy) is 2. The molecular formula is C55H99O12P. The maximum atomic E-state index is 12.9. The summed E-state index contributed by atoms with van der Waals surface area (Å²) in [6.45, 7) is 4.22. The number of carbonyl (C=O) groups is 1. The molecule has 0 aromatic heterocycles. The lowest BCUT2D eigenvalue weighted by Crippen LogP contribution is -2.64. The molecule has 12 nitrogen and oxygen atoms in total. The number of rotatable bonds is 46. The Hall–Kier alpha value is -1.96. The van der Waals surface area contributed by atoms with Gasteiger partial charge < -0.3 is 39.9 Å². The molecule has 6 unspecified atom stereocenters. The van der Waals surface area contributed by atoms with Gasteiger partial charge in [-0.15, -0.1) is 0 Å². The molecule has 1 rings (SSSR count). The fraction of sp³-hybridized carbons (Fsp3) is 0.800. The smallest absolute Gasteiger partial charge is 0.457 e. The van der Waals surface area contributed by atoms with Crippen LogP contribution in [0.5, 0.6) is 0 Å². The predicted octanol–water partition coefficient (Wildman–Crippen LogP) is 12.5. The van der Waals surface area contributed by atoms with Gasteiger partial charge in [-0.3, -0.25) is 13.8 Å². The highest BCUT2D eigenvalue weighted by Gasteiger charge is 2.51. The summed E-state index contributed by atoms with van der Waals surface area (Å²) in [5.74, 6) is -0.487. The Kier molecular flexibility index (Phi) is 42.3. The number of phosphoric ester groups is 1. The molecule has 0 radical (unpaired) electrons. The summed E-state index contributed by atoms with van der Waals surface area (Å²) in [6.07, 6.45) is 45.6. The molecular weight excluding hydrogens is 884 g/mol. The van der Waals surface area contributed by atoms with Crippen LogP contribution < -0.4 is 0 Å². The van der Waals surface area contributed by atoms with Gasteiger partial charge in [0.2, 0.25) is 0 Å². The van der Waals surface area contributed by atoms with E-state index in [1.807, 2.05) is 0 Å². The van der Waals surface area contributed by atoms with E-state index in [0.29, 0.717) is 13.0 Å². The highest BCUT2D eigenvalue weighted by molar-refractivity contribution is 7.47. The fourth-order valence-electron chi connectivity index (χ4n) is 8.04. The van der Waals surface area contributed by atoms with E-state index < -0.39 is 63.1 Å². The van der Waals surface area contributed by atoms with E-state index in [4.69, 9.17) is 18.5 Å². The molecule has 13 heteroatoms. The maximum absolute atomic E-state index is 12.9. The number of unbranched alkanes of at least 4 members (excludes halogenated alkanes) is 24. The van der Waals surface area contributed by atoms with Crippen LogP contribution in [0.2, 0.25) is 0 Å². The molecule has 396 valence electrons. The number of phosphoric acid groups is 1. The van der Waals surface area contributed by atoms with Crippen molar-refractivity contribution in [3.05, 3.63) is 60.8 Å². The van der Waals surface area contributed by atoms with Gasteiger partial charge in [-0.1, -0.05) is 190 Å². The number of allylic oxidation sites excluding steroid dienone is 10. The van der Waals surface area contributed by atoms with Crippen molar-refractivity contribution in [2.45, 2.75) is 262 Å². The SMILES string of the molecule is CCCCC/C=C\C/C=C\CCCCCCCCCCOCC(COP(=O)(O)OC1C(O)C(O)C(O)C(O)C1O)OC(=O)CCCCCCCCCC/C=C\C/C=C\C/C=C\CCCCCCC. The molecule has 0 bridgehead atoms. The normalized spacial score (nSPS) is 21.6. The van der Waals surface area contributed by atoms with Gasteiger partial charge in [-0.25, -0.2) is 4.57 Å². The fourth-order valence-corrected chi connectivity index (χ4v) is 9.01. The lowest BCUT2D eigenvalue weighted by Gasteiger charge is -2.41. The Labute approximate surface area is 413 Å². The van der Waals surface area contributed by atoms with Crippen LogP contribution >= 0.6 is 7.82 Å². The minimum Gasteiger partial charge on any atom is -0.457 e. The quantitative estimate of drug-likeness (QED) is 0.0147. The standard InChI is InChI=1S/C55H99O12P/c1-3-5-7-9-11-13-15-17-19-21-23-24-25-26-27-28-30-32-34-36-38-40-42-44-49(56)66-48(47-65-68(62,63)67-55-53(60)51(58)50(57)52(59)54(55)61)46-64-45-43-41-39-37-35-33-31-29-22-20-18-16-14-12-10-8-6-4-2/h12,14-15,17-18,20-21,23,25-26,48,50-55,57-61H,3-11,13,16,19,22,24,27-47H2,1-2H3,(H,62,63)/b14-12-,17-15-,20-18-,23-21-,26-25-. The first-order chi connectivity index (χ1) is 33.0. The number of carbonyl (C=O) groups excluding carboxylic acids is 1. The second-order valence-corrected chi connectivity index (χ2v) is 20.1. The average Bonchev–Trinajstić information content (AvgIpc) is 3.32. The van der Waals surface area contributed by atoms with Gasteiger partial charge in [0, 0.05) is 13.0 Å². The molecule has 0 heterocycles. The van der Waals surface area contributed by atoms with E-state index in [1.165, 1.54) is 109 Å². The zero-order valence-electron chi connectivity index (χ0n) is 42.6. The first kappa shape index (κ1) is 64.1. The first-order valence-electron chi connectivity index (χ1n) is 27.1. The second kappa shape index (κ2) is 44.9. The minimum atomic E-state index is -5.03. The van der Waals surface area contributed by atoms with E-state index in [1.54, 1.807) is 0 Å². The molecule has 0 amide bonds. The zero-order chi connectivity index (χ0) is 49.8. The Morgan fingerprint density at radius 2 is 0.824 bits per heavy atom. The number of hydrogen-bond acceptors (Lipinski definition) is 11. The van der Waals surface area contributed by atoms with Crippen LogP contribution in [0.4, 0.5) is 0 Å². The Morgan fingerprint density at radius 1 is 0.471 bits per heavy atom. The molecule has 1 saturated carbocycles. The van der Waals surface area contributed by atoms with Crippen molar-refractivity contribution in [1.29, 1.82) is 0 Å².